The number of rotatable bonds is 8. The molecular weight excluding hydrogens is 426 g/mol. The number of ether oxygens (including phenoxy) is 1. The van der Waals surface area contributed by atoms with Gasteiger partial charge in [0.25, 0.3) is 0 Å². The number of hydrogen-bond acceptors (Lipinski definition) is 5. The monoisotopic (exact) mass is 455 g/mol. The Bertz CT molecular complexity index is 1250. The highest BCUT2D eigenvalue weighted by Gasteiger charge is 2.27. The topological polar surface area (TPSA) is 68.5 Å². The molecule has 5 rings (SSSR count). The zero-order chi connectivity index (χ0) is 23.3. The predicted octanol–water partition coefficient (Wildman–Crippen LogP) is 5.80. The van der Waals surface area contributed by atoms with Crippen LogP contribution in [0.25, 0.3) is 22.2 Å². The summed E-state index contributed by atoms with van der Waals surface area (Å²) in [6.07, 6.45) is 5.28. The number of aryl methyl sites for hydroxylation is 1. The highest BCUT2D eigenvalue weighted by atomic mass is 16.5. The Balaban J connectivity index is 1.29. The van der Waals surface area contributed by atoms with E-state index in [2.05, 4.69) is 57.5 Å². The van der Waals surface area contributed by atoms with Crippen LogP contribution in [0.5, 0.6) is 5.75 Å². The summed E-state index contributed by atoms with van der Waals surface area (Å²) in [5, 5.41) is 6.51. The molecule has 0 saturated heterocycles. The predicted molar refractivity (Wildman–Crippen MR) is 131 cm³/mol. The molecule has 0 unspecified atom stereocenters. The van der Waals surface area contributed by atoms with Crippen LogP contribution in [0.15, 0.2) is 71.3 Å². The summed E-state index contributed by atoms with van der Waals surface area (Å²) in [7, 11) is 1.63. The first-order valence-electron chi connectivity index (χ1n) is 11.9. The van der Waals surface area contributed by atoms with Gasteiger partial charge in [0, 0.05) is 31.0 Å². The van der Waals surface area contributed by atoms with Gasteiger partial charge in [-0.05, 0) is 53.4 Å². The molecule has 0 spiro atoms. The van der Waals surface area contributed by atoms with Crippen LogP contribution in [-0.2, 0) is 17.8 Å². The van der Waals surface area contributed by atoms with E-state index in [1.165, 1.54) is 29.2 Å². The van der Waals surface area contributed by atoms with E-state index in [9.17, 15) is 4.79 Å². The van der Waals surface area contributed by atoms with Crippen molar-refractivity contribution in [3.63, 3.8) is 0 Å². The van der Waals surface area contributed by atoms with Crippen molar-refractivity contribution in [3.05, 3.63) is 78.2 Å². The average molecular weight is 456 g/mol. The van der Waals surface area contributed by atoms with E-state index in [-0.39, 0.29) is 5.91 Å². The van der Waals surface area contributed by atoms with Gasteiger partial charge in [0.15, 0.2) is 0 Å². The Labute approximate surface area is 199 Å². The van der Waals surface area contributed by atoms with E-state index >= 15 is 0 Å². The van der Waals surface area contributed by atoms with Gasteiger partial charge < -0.3 is 14.2 Å². The summed E-state index contributed by atoms with van der Waals surface area (Å²) in [6.45, 7) is 0.631. The number of carbonyl (C=O) groups excluding carboxylic acids is 1. The molecule has 4 aromatic rings. The molecule has 3 aromatic carbocycles. The Kier molecular flexibility index (Phi) is 6.56. The number of amides is 1. The molecule has 1 saturated carbocycles. The van der Waals surface area contributed by atoms with Crippen LogP contribution in [0, 0.1) is 0 Å². The summed E-state index contributed by atoms with van der Waals surface area (Å²) in [5.74, 6) is 1.92. The van der Waals surface area contributed by atoms with Gasteiger partial charge in [0.2, 0.25) is 17.6 Å². The van der Waals surface area contributed by atoms with Crippen molar-refractivity contribution in [3.8, 4) is 17.1 Å². The summed E-state index contributed by atoms with van der Waals surface area (Å²) in [6, 6.07) is 22.5. The third-order valence-corrected chi connectivity index (χ3v) is 6.68. The van der Waals surface area contributed by atoms with Gasteiger partial charge in [-0.1, -0.05) is 60.5 Å². The summed E-state index contributed by atoms with van der Waals surface area (Å²) in [5.41, 5.74) is 2.04. The molecule has 6 nitrogen and oxygen atoms in total. The maximum Gasteiger partial charge on any atom is 0.227 e. The quantitative estimate of drug-likeness (QED) is 0.336. The van der Waals surface area contributed by atoms with Crippen molar-refractivity contribution in [1.82, 2.24) is 15.0 Å². The third kappa shape index (κ3) is 4.81. The van der Waals surface area contributed by atoms with Gasteiger partial charge in [0.1, 0.15) is 5.75 Å². The van der Waals surface area contributed by atoms with Gasteiger partial charge in [-0.15, -0.1) is 0 Å². The van der Waals surface area contributed by atoms with Crippen molar-refractivity contribution in [1.29, 1.82) is 0 Å². The van der Waals surface area contributed by atoms with Crippen LogP contribution < -0.4 is 4.74 Å². The fraction of sp³-hybridized carbons (Fsp3) is 0.321. The van der Waals surface area contributed by atoms with Gasteiger partial charge >= 0.3 is 0 Å². The molecule has 174 valence electrons. The summed E-state index contributed by atoms with van der Waals surface area (Å²) >= 11 is 0. The number of aromatic nitrogens is 2. The lowest BCUT2D eigenvalue weighted by Gasteiger charge is -2.29. The largest absolute Gasteiger partial charge is 0.497 e. The van der Waals surface area contributed by atoms with Crippen molar-refractivity contribution < 1.29 is 14.1 Å². The fourth-order valence-corrected chi connectivity index (χ4v) is 4.82. The van der Waals surface area contributed by atoms with Gasteiger partial charge in [-0.2, -0.15) is 4.98 Å². The van der Waals surface area contributed by atoms with Gasteiger partial charge in [0.05, 0.1) is 7.11 Å². The number of nitrogens with zero attached hydrogens (tertiary/aromatic N) is 3. The fourth-order valence-electron chi connectivity index (χ4n) is 4.82. The third-order valence-electron chi connectivity index (χ3n) is 6.68. The van der Waals surface area contributed by atoms with Crippen LogP contribution in [0.2, 0.25) is 0 Å². The Hall–Kier alpha value is -3.67. The zero-order valence-corrected chi connectivity index (χ0v) is 19.4. The summed E-state index contributed by atoms with van der Waals surface area (Å²) in [4.78, 5) is 20.0. The minimum atomic E-state index is 0.143. The molecule has 0 N–H and O–H groups in total. The Morgan fingerprint density at radius 3 is 2.59 bits per heavy atom. The zero-order valence-electron chi connectivity index (χ0n) is 19.4. The molecule has 1 fully saturated rings. The molecule has 1 heterocycles. The van der Waals surface area contributed by atoms with Crippen molar-refractivity contribution in [2.75, 3.05) is 7.11 Å². The standard InChI is InChI=1S/C28H29N3O3/c1-33-24-15-13-21(14-16-24)28-29-26(34-30-28)17-18-27(32)31(23-10-3-4-11-23)19-22-9-6-8-20-7-2-5-12-25(20)22/h2,5-9,12-16,23H,3-4,10-11,17-19H2,1H3. The van der Waals surface area contributed by atoms with E-state index in [1.807, 2.05) is 24.3 Å². The molecule has 0 bridgehead atoms. The van der Waals surface area contributed by atoms with Crippen LogP contribution >= 0.6 is 0 Å². The second-order valence-corrected chi connectivity index (χ2v) is 8.84. The van der Waals surface area contributed by atoms with Crippen LogP contribution in [0.3, 0.4) is 0 Å². The van der Waals surface area contributed by atoms with Crippen LogP contribution in [0.1, 0.15) is 43.6 Å². The SMILES string of the molecule is COc1ccc(-c2noc(CCC(=O)N(Cc3cccc4ccccc34)C3CCCC3)n2)cc1. The number of methoxy groups -OCH3 is 1. The minimum absolute atomic E-state index is 0.143. The molecule has 1 amide bonds. The first kappa shape index (κ1) is 22.1. The lowest BCUT2D eigenvalue weighted by molar-refractivity contribution is -0.134. The molecule has 0 aliphatic heterocycles. The van der Waals surface area contributed by atoms with E-state index in [0.717, 1.165) is 24.2 Å². The molecule has 6 heteroatoms. The highest BCUT2D eigenvalue weighted by molar-refractivity contribution is 5.86. The Morgan fingerprint density at radius 1 is 1.03 bits per heavy atom. The second-order valence-electron chi connectivity index (χ2n) is 8.84. The highest BCUT2D eigenvalue weighted by Crippen LogP contribution is 2.28. The second kappa shape index (κ2) is 10.1. The first-order valence-corrected chi connectivity index (χ1v) is 11.9. The van der Waals surface area contributed by atoms with E-state index in [1.54, 1.807) is 7.11 Å². The van der Waals surface area contributed by atoms with Crippen LogP contribution in [0.4, 0.5) is 0 Å². The molecular formula is C28H29N3O3. The maximum absolute atomic E-state index is 13.4. The number of hydrogen-bond donors (Lipinski definition) is 0. The average Bonchev–Trinajstić information content (AvgIpc) is 3.59. The molecule has 1 aromatic heterocycles. The van der Waals surface area contributed by atoms with Crippen LogP contribution in [-0.4, -0.2) is 34.1 Å². The van der Waals surface area contributed by atoms with E-state index in [0.29, 0.717) is 37.1 Å². The number of carbonyl (C=O) groups is 1. The van der Waals surface area contributed by atoms with Gasteiger partial charge in [-0.25, -0.2) is 0 Å². The van der Waals surface area contributed by atoms with E-state index < -0.39 is 0 Å². The lowest BCUT2D eigenvalue weighted by atomic mass is 10.0. The summed E-state index contributed by atoms with van der Waals surface area (Å²) < 4.78 is 10.6. The van der Waals surface area contributed by atoms with E-state index in [4.69, 9.17) is 9.26 Å². The molecule has 0 atom stereocenters. The van der Waals surface area contributed by atoms with Crippen molar-refractivity contribution >= 4 is 16.7 Å². The first-order chi connectivity index (χ1) is 16.7. The molecule has 1 aliphatic rings. The minimum Gasteiger partial charge on any atom is -0.497 e. The Morgan fingerprint density at radius 2 is 1.79 bits per heavy atom. The van der Waals surface area contributed by atoms with Gasteiger partial charge in [-0.3, -0.25) is 4.79 Å². The van der Waals surface area contributed by atoms with Crippen molar-refractivity contribution in [2.24, 2.45) is 0 Å². The number of benzene rings is 3. The molecule has 0 radical (unpaired) electrons. The normalized spacial score (nSPS) is 13.9. The lowest BCUT2D eigenvalue weighted by Crippen LogP contribution is -2.38. The molecule has 1 aliphatic carbocycles. The number of fused-ring (bicyclic) bond motifs is 1. The smallest absolute Gasteiger partial charge is 0.227 e. The van der Waals surface area contributed by atoms with Crippen molar-refractivity contribution in [2.45, 2.75) is 51.1 Å². The maximum atomic E-state index is 13.4. The molecule has 34 heavy (non-hydrogen) atoms.